The molecule has 1 aliphatic heterocycles. The highest BCUT2D eigenvalue weighted by Gasteiger charge is 2.47. The summed E-state index contributed by atoms with van der Waals surface area (Å²) in [4.78, 5) is 3.88. The molecule has 120 valence electrons. The Bertz CT molecular complexity index is 608. The number of nitrogens with two attached hydrogens (primary N) is 1. The number of ether oxygens (including phenoxy) is 1. The van der Waals surface area contributed by atoms with E-state index in [9.17, 15) is 13.2 Å². The van der Waals surface area contributed by atoms with Gasteiger partial charge in [-0.25, -0.2) is 0 Å². The molecule has 1 aliphatic rings. The van der Waals surface area contributed by atoms with E-state index >= 15 is 0 Å². The number of aromatic nitrogens is 1. The van der Waals surface area contributed by atoms with Crippen molar-refractivity contribution in [2.75, 3.05) is 7.11 Å². The number of nitrogens with one attached hydrogen (secondary N) is 1. The fourth-order valence-corrected chi connectivity index (χ4v) is 2.45. The maximum Gasteiger partial charge on any atom is 0.431 e. The van der Waals surface area contributed by atoms with Crippen LogP contribution in [0.4, 0.5) is 13.2 Å². The van der Waals surface area contributed by atoms with Gasteiger partial charge in [0.05, 0.1) is 5.70 Å². The zero-order valence-corrected chi connectivity index (χ0v) is 12.5. The topological polar surface area (TPSA) is 60.2 Å². The second-order valence-corrected chi connectivity index (χ2v) is 5.33. The molecule has 0 saturated heterocycles. The van der Waals surface area contributed by atoms with Crippen molar-refractivity contribution < 1.29 is 17.9 Å². The van der Waals surface area contributed by atoms with Crippen LogP contribution < -0.4 is 11.1 Å². The van der Waals surface area contributed by atoms with E-state index in [-0.39, 0.29) is 11.6 Å². The first-order valence-electron chi connectivity index (χ1n) is 6.75. The summed E-state index contributed by atoms with van der Waals surface area (Å²) in [5.41, 5.74) is 4.77. The number of rotatable bonds is 3. The average Bonchev–Trinajstić information content (AvgIpc) is 2.47. The molecule has 22 heavy (non-hydrogen) atoms. The van der Waals surface area contributed by atoms with Crippen LogP contribution in [0.5, 0.6) is 0 Å². The van der Waals surface area contributed by atoms with E-state index in [1.165, 1.54) is 19.5 Å². The van der Waals surface area contributed by atoms with Gasteiger partial charge in [-0.2, -0.15) is 13.2 Å². The summed E-state index contributed by atoms with van der Waals surface area (Å²) in [7, 11) is 1.32. The van der Waals surface area contributed by atoms with Gasteiger partial charge in [-0.05, 0) is 29.7 Å². The van der Waals surface area contributed by atoms with Gasteiger partial charge in [-0.15, -0.1) is 0 Å². The van der Waals surface area contributed by atoms with Gasteiger partial charge in [0.25, 0.3) is 0 Å². The molecule has 0 spiro atoms. The van der Waals surface area contributed by atoms with Crippen molar-refractivity contribution >= 4 is 0 Å². The van der Waals surface area contributed by atoms with Crippen LogP contribution in [0.25, 0.3) is 0 Å². The van der Waals surface area contributed by atoms with E-state index in [0.29, 0.717) is 11.1 Å². The lowest BCUT2D eigenvalue weighted by Crippen LogP contribution is -2.52. The van der Waals surface area contributed by atoms with E-state index in [0.717, 1.165) is 6.08 Å². The van der Waals surface area contributed by atoms with Crippen LogP contribution in [-0.2, 0) is 10.5 Å². The Labute approximate surface area is 126 Å². The number of methoxy groups -OCH3 is 1. The molecule has 1 aromatic heterocycles. The summed E-state index contributed by atoms with van der Waals surface area (Å²) in [5.74, 6) is -0.184. The predicted molar refractivity (Wildman–Crippen MR) is 76.2 cm³/mol. The molecule has 0 aromatic carbocycles. The number of hydrogen-bond donors (Lipinski definition) is 2. The van der Waals surface area contributed by atoms with Crippen LogP contribution in [0.1, 0.15) is 19.4 Å². The highest BCUT2D eigenvalue weighted by atomic mass is 19.4. The van der Waals surface area contributed by atoms with E-state index in [2.05, 4.69) is 10.3 Å². The van der Waals surface area contributed by atoms with Gasteiger partial charge in [0, 0.05) is 25.1 Å². The summed E-state index contributed by atoms with van der Waals surface area (Å²) >= 11 is 0. The van der Waals surface area contributed by atoms with Crippen molar-refractivity contribution in [1.29, 1.82) is 0 Å². The highest BCUT2D eigenvalue weighted by Crippen LogP contribution is 2.40. The summed E-state index contributed by atoms with van der Waals surface area (Å²) in [6, 6.07) is 3.14. The van der Waals surface area contributed by atoms with Gasteiger partial charge in [-0.1, -0.05) is 13.8 Å². The summed E-state index contributed by atoms with van der Waals surface area (Å²) in [6.07, 6.45) is -0.534. The Hall–Kier alpha value is -2.02. The predicted octanol–water partition coefficient (Wildman–Crippen LogP) is 2.80. The maximum absolute atomic E-state index is 13.2. The highest BCUT2D eigenvalue weighted by molar-refractivity contribution is 5.44. The molecule has 0 fully saturated rings. The zero-order valence-electron chi connectivity index (χ0n) is 12.5. The summed E-state index contributed by atoms with van der Waals surface area (Å²) in [5, 5.41) is 2.41. The van der Waals surface area contributed by atoms with Crippen molar-refractivity contribution in [3.8, 4) is 0 Å². The zero-order chi connectivity index (χ0) is 16.5. The third kappa shape index (κ3) is 2.68. The standard InChI is InChI=1S/C15H18F3N3O/c1-9(2)11-8-12(15(16,17)18)21-14(22-3,13(11)19)10-4-6-20-7-5-10/h4-9,21H,19H2,1-3H3. The summed E-state index contributed by atoms with van der Waals surface area (Å²) in [6.45, 7) is 3.57. The Morgan fingerprint density at radius 2 is 1.86 bits per heavy atom. The normalized spacial score (nSPS) is 22.6. The molecular formula is C15H18F3N3O. The minimum absolute atomic E-state index is 0.184. The Morgan fingerprint density at radius 3 is 2.32 bits per heavy atom. The molecule has 3 N–H and O–H groups in total. The van der Waals surface area contributed by atoms with E-state index < -0.39 is 17.6 Å². The lowest BCUT2D eigenvalue weighted by molar-refractivity contribution is -0.113. The molecule has 1 atom stereocenters. The second kappa shape index (κ2) is 5.64. The van der Waals surface area contributed by atoms with Crippen molar-refractivity contribution in [3.63, 3.8) is 0 Å². The first kappa shape index (κ1) is 16.4. The van der Waals surface area contributed by atoms with Gasteiger partial charge in [0.15, 0.2) is 0 Å². The number of alkyl halides is 3. The first-order valence-corrected chi connectivity index (χ1v) is 6.75. The van der Waals surface area contributed by atoms with Gasteiger partial charge in [0.1, 0.15) is 5.70 Å². The van der Waals surface area contributed by atoms with Crippen LogP contribution in [0.3, 0.4) is 0 Å². The molecule has 0 radical (unpaired) electrons. The maximum atomic E-state index is 13.2. The van der Waals surface area contributed by atoms with Gasteiger partial charge in [0.2, 0.25) is 5.72 Å². The fourth-order valence-electron chi connectivity index (χ4n) is 2.45. The van der Waals surface area contributed by atoms with Crippen molar-refractivity contribution in [2.45, 2.75) is 25.7 Å². The summed E-state index contributed by atoms with van der Waals surface area (Å²) < 4.78 is 45.1. The van der Waals surface area contributed by atoms with E-state index in [4.69, 9.17) is 10.5 Å². The SMILES string of the molecule is COC1(c2ccncc2)NC(C(F)(F)F)=CC(C(C)C)=C1N. The third-order valence-electron chi connectivity index (χ3n) is 3.62. The fraction of sp³-hybridized carbons (Fsp3) is 0.400. The first-order chi connectivity index (χ1) is 10.2. The Morgan fingerprint density at radius 1 is 1.27 bits per heavy atom. The van der Waals surface area contributed by atoms with Crippen LogP contribution in [-0.4, -0.2) is 18.3 Å². The van der Waals surface area contributed by atoms with Crippen LogP contribution in [0, 0.1) is 5.92 Å². The van der Waals surface area contributed by atoms with Crippen molar-refractivity contribution in [1.82, 2.24) is 10.3 Å². The molecule has 2 heterocycles. The number of allylic oxidation sites excluding steroid dienone is 3. The van der Waals surface area contributed by atoms with E-state index in [1.807, 2.05) is 0 Å². The average molecular weight is 313 g/mol. The molecule has 0 bridgehead atoms. The van der Waals surface area contributed by atoms with Gasteiger partial charge < -0.3 is 15.8 Å². The molecule has 0 amide bonds. The number of hydrogen-bond acceptors (Lipinski definition) is 4. The number of halogens is 3. The lowest BCUT2D eigenvalue weighted by atomic mass is 9.87. The lowest BCUT2D eigenvalue weighted by Gasteiger charge is -2.40. The number of dihydropyridines is 1. The molecule has 1 aromatic rings. The van der Waals surface area contributed by atoms with Crippen molar-refractivity contribution in [3.05, 3.63) is 53.1 Å². The molecule has 1 unspecified atom stereocenters. The van der Waals surface area contributed by atoms with Gasteiger partial charge >= 0.3 is 6.18 Å². The smallest absolute Gasteiger partial charge is 0.398 e. The van der Waals surface area contributed by atoms with Crippen LogP contribution >= 0.6 is 0 Å². The Kier molecular flexibility index (Phi) is 4.19. The molecule has 0 aliphatic carbocycles. The van der Waals surface area contributed by atoms with Crippen LogP contribution in [0.15, 0.2) is 47.6 Å². The quantitative estimate of drug-likeness (QED) is 0.901. The number of pyridine rings is 1. The molecule has 7 heteroatoms. The monoisotopic (exact) mass is 313 g/mol. The second-order valence-electron chi connectivity index (χ2n) is 5.33. The molecule has 4 nitrogen and oxygen atoms in total. The molecule has 0 saturated carbocycles. The molecule has 2 rings (SSSR count). The Balaban J connectivity index is 2.68. The third-order valence-corrected chi connectivity index (χ3v) is 3.62. The minimum Gasteiger partial charge on any atom is -0.398 e. The molecular weight excluding hydrogens is 295 g/mol. The largest absolute Gasteiger partial charge is 0.431 e. The van der Waals surface area contributed by atoms with E-state index in [1.54, 1.807) is 26.0 Å². The minimum atomic E-state index is -4.53. The van der Waals surface area contributed by atoms with Crippen molar-refractivity contribution in [2.24, 2.45) is 11.7 Å². The number of nitrogens with zero attached hydrogens (tertiary/aromatic N) is 1. The van der Waals surface area contributed by atoms with Crippen LogP contribution in [0.2, 0.25) is 0 Å². The van der Waals surface area contributed by atoms with Gasteiger partial charge in [-0.3, -0.25) is 4.98 Å².